The van der Waals surface area contributed by atoms with Crippen LogP contribution < -0.4 is 5.73 Å². The topological polar surface area (TPSA) is 74.7 Å². The van der Waals surface area contributed by atoms with E-state index in [4.69, 9.17) is 10.9 Å². The van der Waals surface area contributed by atoms with Crippen molar-refractivity contribution in [2.24, 2.45) is 10.9 Å². The highest BCUT2D eigenvalue weighted by Gasteiger charge is 2.07. The number of aromatic nitrogens is 1. The fraction of sp³-hybridized carbons (Fsp3) is 0.200. The average Bonchev–Trinajstić information content (AvgIpc) is 2.49. The maximum atomic E-state index is 13.6. The summed E-state index contributed by atoms with van der Waals surface area (Å²) in [6, 6.07) is 10.3. The lowest BCUT2D eigenvalue weighted by Crippen LogP contribution is -2.19. The fourth-order valence-corrected chi connectivity index (χ4v) is 2.05. The van der Waals surface area contributed by atoms with Crippen LogP contribution in [0.2, 0.25) is 0 Å². The summed E-state index contributed by atoms with van der Waals surface area (Å²) in [4.78, 5) is 6.00. The molecule has 0 bridgehead atoms. The van der Waals surface area contributed by atoms with Crippen molar-refractivity contribution >= 4 is 5.84 Å². The third-order valence-corrected chi connectivity index (χ3v) is 3.05. The van der Waals surface area contributed by atoms with Gasteiger partial charge in [0.1, 0.15) is 11.5 Å². The van der Waals surface area contributed by atoms with Crippen LogP contribution in [-0.2, 0) is 13.1 Å². The van der Waals surface area contributed by atoms with E-state index < -0.39 is 0 Å². The smallest absolute Gasteiger partial charge is 0.188 e. The van der Waals surface area contributed by atoms with Crippen molar-refractivity contribution in [2.45, 2.75) is 13.1 Å². The van der Waals surface area contributed by atoms with Crippen molar-refractivity contribution in [3.05, 3.63) is 65.2 Å². The maximum absolute atomic E-state index is 13.6. The number of hydrogen-bond donors (Lipinski definition) is 2. The van der Waals surface area contributed by atoms with Gasteiger partial charge >= 0.3 is 0 Å². The molecule has 3 N–H and O–H groups in total. The lowest BCUT2D eigenvalue weighted by atomic mass is 10.1. The number of hydrogen-bond acceptors (Lipinski definition) is 4. The van der Waals surface area contributed by atoms with E-state index in [9.17, 15) is 4.39 Å². The van der Waals surface area contributed by atoms with Gasteiger partial charge in [-0.15, -0.1) is 0 Å². The molecule has 0 spiro atoms. The summed E-state index contributed by atoms with van der Waals surface area (Å²) in [5.41, 5.74) is 7.52. The van der Waals surface area contributed by atoms with Crippen LogP contribution in [0, 0.1) is 5.82 Å². The molecule has 0 saturated carbocycles. The molecule has 21 heavy (non-hydrogen) atoms. The van der Waals surface area contributed by atoms with Gasteiger partial charge < -0.3 is 10.9 Å². The SMILES string of the molecule is CN(Cc1ccnc(C(N)=NO)c1)Cc1ccccc1F. The Balaban J connectivity index is 2.06. The second-order valence-electron chi connectivity index (χ2n) is 4.80. The monoisotopic (exact) mass is 288 g/mol. The standard InChI is InChI=1S/C15H17FN4O/c1-20(10-12-4-2-3-5-13(12)16)9-11-6-7-18-14(8-11)15(17)19-21/h2-8,21H,9-10H2,1H3,(H2,17,19). The van der Waals surface area contributed by atoms with Crippen LogP contribution in [-0.4, -0.2) is 28.0 Å². The molecule has 110 valence electrons. The number of nitrogens with zero attached hydrogens (tertiary/aromatic N) is 3. The van der Waals surface area contributed by atoms with E-state index in [1.165, 1.54) is 6.07 Å². The number of rotatable bonds is 5. The maximum Gasteiger partial charge on any atom is 0.188 e. The number of oxime groups is 1. The second kappa shape index (κ2) is 6.81. The lowest BCUT2D eigenvalue weighted by molar-refractivity contribution is 0.313. The Bertz CT molecular complexity index is 645. The molecule has 0 amide bonds. The summed E-state index contributed by atoms with van der Waals surface area (Å²) in [6.07, 6.45) is 1.60. The van der Waals surface area contributed by atoms with Crippen molar-refractivity contribution in [1.29, 1.82) is 0 Å². The predicted octanol–water partition coefficient (Wildman–Crippen LogP) is 1.95. The van der Waals surface area contributed by atoms with Crippen molar-refractivity contribution < 1.29 is 9.60 Å². The van der Waals surface area contributed by atoms with Gasteiger partial charge in [-0.2, -0.15) is 0 Å². The molecule has 0 fully saturated rings. The highest BCUT2D eigenvalue weighted by Crippen LogP contribution is 2.11. The molecular weight excluding hydrogens is 271 g/mol. The second-order valence-corrected chi connectivity index (χ2v) is 4.80. The van der Waals surface area contributed by atoms with E-state index in [0.29, 0.717) is 24.3 Å². The Morgan fingerprint density at radius 1 is 1.33 bits per heavy atom. The molecule has 0 atom stereocenters. The lowest BCUT2D eigenvalue weighted by Gasteiger charge is -2.17. The summed E-state index contributed by atoms with van der Waals surface area (Å²) in [7, 11) is 1.90. The van der Waals surface area contributed by atoms with Gasteiger partial charge in [0.2, 0.25) is 0 Å². The molecule has 0 aliphatic rings. The summed E-state index contributed by atoms with van der Waals surface area (Å²) in [5, 5.41) is 11.6. The molecule has 2 rings (SSSR count). The van der Waals surface area contributed by atoms with Crippen LogP contribution in [0.1, 0.15) is 16.8 Å². The zero-order chi connectivity index (χ0) is 15.2. The minimum absolute atomic E-state index is 0.0337. The van der Waals surface area contributed by atoms with Gasteiger partial charge in [0.25, 0.3) is 0 Å². The van der Waals surface area contributed by atoms with Gasteiger partial charge in [-0.05, 0) is 30.8 Å². The minimum Gasteiger partial charge on any atom is -0.409 e. The molecule has 1 heterocycles. The Morgan fingerprint density at radius 2 is 2.10 bits per heavy atom. The van der Waals surface area contributed by atoms with E-state index in [1.54, 1.807) is 24.4 Å². The molecular formula is C15H17FN4O. The summed E-state index contributed by atoms with van der Waals surface area (Å²) >= 11 is 0. The molecule has 1 aromatic carbocycles. The van der Waals surface area contributed by atoms with E-state index in [1.807, 2.05) is 24.1 Å². The Morgan fingerprint density at radius 3 is 2.81 bits per heavy atom. The normalized spacial score (nSPS) is 11.9. The zero-order valence-corrected chi connectivity index (χ0v) is 11.7. The Kier molecular flexibility index (Phi) is 4.84. The first kappa shape index (κ1) is 14.9. The molecule has 0 radical (unpaired) electrons. The first-order chi connectivity index (χ1) is 10.1. The number of halogens is 1. The van der Waals surface area contributed by atoms with Gasteiger partial charge in [0.05, 0.1) is 0 Å². The summed E-state index contributed by atoms with van der Waals surface area (Å²) in [5.74, 6) is -0.245. The fourth-order valence-electron chi connectivity index (χ4n) is 2.05. The van der Waals surface area contributed by atoms with Crippen LogP contribution in [0.25, 0.3) is 0 Å². The predicted molar refractivity (Wildman–Crippen MR) is 78.3 cm³/mol. The zero-order valence-electron chi connectivity index (χ0n) is 11.7. The Hall–Kier alpha value is -2.47. The van der Waals surface area contributed by atoms with Crippen LogP contribution in [0.15, 0.2) is 47.8 Å². The largest absolute Gasteiger partial charge is 0.409 e. The van der Waals surface area contributed by atoms with E-state index in [2.05, 4.69) is 10.1 Å². The molecule has 5 nitrogen and oxygen atoms in total. The molecule has 1 aromatic heterocycles. The summed E-state index contributed by atoms with van der Waals surface area (Å²) in [6.45, 7) is 1.09. The van der Waals surface area contributed by atoms with E-state index in [-0.39, 0.29) is 11.7 Å². The Labute approximate surface area is 122 Å². The van der Waals surface area contributed by atoms with Crippen LogP contribution in [0.4, 0.5) is 4.39 Å². The van der Waals surface area contributed by atoms with Gasteiger partial charge in [-0.25, -0.2) is 4.39 Å². The third kappa shape index (κ3) is 4.00. The molecule has 0 unspecified atom stereocenters. The quantitative estimate of drug-likeness (QED) is 0.382. The van der Waals surface area contributed by atoms with E-state index >= 15 is 0 Å². The number of pyridine rings is 1. The highest BCUT2D eigenvalue weighted by atomic mass is 19.1. The van der Waals surface area contributed by atoms with Crippen LogP contribution in [0.3, 0.4) is 0 Å². The first-order valence-electron chi connectivity index (χ1n) is 6.45. The van der Waals surface area contributed by atoms with Crippen molar-refractivity contribution in [2.75, 3.05) is 7.05 Å². The molecule has 2 aromatic rings. The average molecular weight is 288 g/mol. The van der Waals surface area contributed by atoms with Gasteiger partial charge in [0, 0.05) is 24.8 Å². The van der Waals surface area contributed by atoms with Crippen molar-refractivity contribution in [1.82, 2.24) is 9.88 Å². The minimum atomic E-state index is -0.212. The van der Waals surface area contributed by atoms with Gasteiger partial charge in [-0.1, -0.05) is 23.4 Å². The van der Waals surface area contributed by atoms with Crippen molar-refractivity contribution in [3.63, 3.8) is 0 Å². The number of benzene rings is 1. The third-order valence-electron chi connectivity index (χ3n) is 3.05. The van der Waals surface area contributed by atoms with Gasteiger partial charge in [-0.3, -0.25) is 9.88 Å². The summed E-state index contributed by atoms with van der Waals surface area (Å²) < 4.78 is 13.6. The molecule has 0 aliphatic carbocycles. The first-order valence-corrected chi connectivity index (χ1v) is 6.45. The molecule has 0 saturated heterocycles. The number of nitrogens with two attached hydrogens (primary N) is 1. The van der Waals surface area contributed by atoms with Gasteiger partial charge in [0.15, 0.2) is 5.84 Å². The molecule has 0 aliphatic heterocycles. The molecule has 6 heteroatoms. The van der Waals surface area contributed by atoms with Crippen LogP contribution in [0.5, 0.6) is 0 Å². The van der Waals surface area contributed by atoms with Crippen molar-refractivity contribution in [3.8, 4) is 0 Å². The number of amidine groups is 1. The highest BCUT2D eigenvalue weighted by molar-refractivity contribution is 5.95. The van der Waals surface area contributed by atoms with Crippen LogP contribution >= 0.6 is 0 Å². The van der Waals surface area contributed by atoms with E-state index in [0.717, 1.165) is 5.56 Å².